The van der Waals surface area contributed by atoms with Crippen molar-refractivity contribution in [2.75, 3.05) is 0 Å². The van der Waals surface area contributed by atoms with Crippen LogP contribution in [0.5, 0.6) is 0 Å². The van der Waals surface area contributed by atoms with E-state index in [-0.39, 0.29) is 17.1 Å². The molecule has 0 saturated carbocycles. The highest BCUT2D eigenvalue weighted by Crippen LogP contribution is 2.41. The molecule has 43 heavy (non-hydrogen) atoms. The Morgan fingerprint density at radius 3 is 1.98 bits per heavy atom. The monoisotopic (exact) mass is 567 g/mol. The Bertz CT molecular complexity index is 2250. The van der Waals surface area contributed by atoms with Crippen molar-refractivity contribution in [3.8, 4) is 39.7 Å². The minimum atomic E-state index is -0.320. The highest BCUT2D eigenvalue weighted by Gasteiger charge is 2.29. The Kier molecular flexibility index (Phi) is 6.09. The molecule has 0 amide bonds. The average Bonchev–Trinajstić information content (AvgIpc) is 3.62. The van der Waals surface area contributed by atoms with Gasteiger partial charge in [0.2, 0.25) is 5.95 Å². The molecule has 0 bridgehead atoms. The van der Waals surface area contributed by atoms with Crippen LogP contribution in [0.3, 0.4) is 0 Å². The van der Waals surface area contributed by atoms with Crippen molar-refractivity contribution in [3.63, 3.8) is 0 Å². The fraction of sp³-hybridized carbons (Fsp3) is 0.118. The van der Waals surface area contributed by atoms with E-state index in [0.29, 0.717) is 28.0 Å². The number of hydrogen-bond acceptors (Lipinski definition) is 4. The first-order chi connectivity index (χ1) is 20.8. The molecule has 0 aliphatic heterocycles. The maximum Gasteiger partial charge on any atom is 0.296 e. The molecule has 1 N–H and O–H groups in total. The van der Waals surface area contributed by atoms with Crippen LogP contribution >= 0.6 is 0 Å². The van der Waals surface area contributed by atoms with E-state index in [0.717, 1.165) is 33.9 Å². The van der Waals surface area contributed by atoms with Crippen molar-refractivity contribution < 1.29 is 0 Å². The first-order valence-electron chi connectivity index (χ1n) is 14.0. The summed E-state index contributed by atoms with van der Waals surface area (Å²) in [5.74, 6) is 0.276. The molecule has 0 aliphatic carbocycles. The van der Waals surface area contributed by atoms with Crippen molar-refractivity contribution >= 4 is 11.0 Å². The third-order valence-electron chi connectivity index (χ3n) is 7.88. The number of hydrogen-bond donors (Lipinski definition) is 1. The lowest BCUT2D eigenvalue weighted by Crippen LogP contribution is -2.22. The number of fused-ring (bicyclic) bond motifs is 1. The number of para-hydroxylation sites is 1. The van der Waals surface area contributed by atoms with Gasteiger partial charge in [0, 0.05) is 18.3 Å². The van der Waals surface area contributed by atoms with Gasteiger partial charge in [0.25, 0.3) is 11.1 Å². The van der Waals surface area contributed by atoms with Gasteiger partial charge in [-0.15, -0.1) is 0 Å². The first-order valence-corrected chi connectivity index (χ1v) is 14.0. The molecule has 0 unspecified atom stereocenters. The molecule has 4 aromatic heterocycles. The van der Waals surface area contributed by atoms with Gasteiger partial charge in [0.15, 0.2) is 5.65 Å². The molecular formula is C34H29N7O2. The number of benzene rings is 3. The Morgan fingerprint density at radius 1 is 0.767 bits per heavy atom. The number of rotatable bonds is 5. The summed E-state index contributed by atoms with van der Waals surface area (Å²) in [7, 11) is 1.86. The largest absolute Gasteiger partial charge is 0.296 e. The molecule has 7 rings (SSSR count). The van der Waals surface area contributed by atoms with Crippen molar-refractivity contribution in [1.82, 2.24) is 33.7 Å². The van der Waals surface area contributed by atoms with Gasteiger partial charge < -0.3 is 0 Å². The van der Waals surface area contributed by atoms with E-state index >= 15 is 0 Å². The molecule has 7 aromatic rings. The smallest absolute Gasteiger partial charge is 0.290 e. The molecule has 0 fully saturated rings. The van der Waals surface area contributed by atoms with Crippen LogP contribution in [-0.2, 0) is 7.05 Å². The van der Waals surface area contributed by atoms with E-state index in [9.17, 15) is 9.59 Å². The third kappa shape index (κ3) is 4.08. The summed E-state index contributed by atoms with van der Waals surface area (Å²) in [5, 5.41) is 4.97. The Morgan fingerprint density at radius 2 is 1.37 bits per heavy atom. The van der Waals surface area contributed by atoms with Crippen LogP contribution in [0.1, 0.15) is 17.1 Å². The molecule has 9 nitrogen and oxygen atoms in total. The standard InChI is InChI=1S/C34H29N7O2/c1-21-20-22(2)40(37-21)34-35-31-28(32(42)36-34)27(24-14-8-5-9-15-24)30(25-16-10-6-11-17-25)39(31)29-23(3)38(4)41(33(29)43)26-18-12-7-13-19-26/h5-20H,1-4H3,(H,35,36,42). The predicted octanol–water partition coefficient (Wildman–Crippen LogP) is 5.65. The lowest BCUT2D eigenvalue weighted by atomic mass is 9.99. The molecule has 0 radical (unpaired) electrons. The Hall–Kier alpha value is -5.70. The summed E-state index contributed by atoms with van der Waals surface area (Å²) in [6.45, 7) is 5.71. The number of nitrogens with zero attached hydrogens (tertiary/aromatic N) is 6. The zero-order valence-electron chi connectivity index (χ0n) is 24.2. The quantitative estimate of drug-likeness (QED) is 0.291. The minimum Gasteiger partial charge on any atom is -0.290 e. The lowest BCUT2D eigenvalue weighted by molar-refractivity contribution is 0.630. The number of aromatic amines is 1. The van der Waals surface area contributed by atoms with Crippen LogP contribution in [0.4, 0.5) is 0 Å². The maximum atomic E-state index is 14.5. The van der Waals surface area contributed by atoms with Gasteiger partial charge >= 0.3 is 0 Å². The second-order valence-electron chi connectivity index (χ2n) is 10.6. The molecule has 9 heteroatoms. The number of aromatic nitrogens is 7. The fourth-order valence-corrected chi connectivity index (χ4v) is 5.90. The molecule has 0 saturated heterocycles. The normalized spacial score (nSPS) is 11.4. The lowest BCUT2D eigenvalue weighted by Gasteiger charge is -2.12. The topological polar surface area (TPSA) is 95.4 Å². The van der Waals surface area contributed by atoms with Crippen LogP contribution in [0.2, 0.25) is 0 Å². The number of nitrogens with one attached hydrogen (secondary N) is 1. The van der Waals surface area contributed by atoms with Gasteiger partial charge in [-0.1, -0.05) is 78.9 Å². The van der Waals surface area contributed by atoms with Gasteiger partial charge in [-0.25, -0.2) is 9.36 Å². The summed E-state index contributed by atoms with van der Waals surface area (Å²) >= 11 is 0. The van der Waals surface area contributed by atoms with Crippen LogP contribution in [0, 0.1) is 20.8 Å². The summed E-state index contributed by atoms with van der Waals surface area (Å²) < 4.78 is 6.96. The van der Waals surface area contributed by atoms with Crippen molar-refractivity contribution in [2.24, 2.45) is 7.05 Å². The van der Waals surface area contributed by atoms with E-state index in [4.69, 9.17) is 4.98 Å². The summed E-state index contributed by atoms with van der Waals surface area (Å²) in [5.41, 5.74) is 6.41. The van der Waals surface area contributed by atoms with Crippen molar-refractivity contribution in [2.45, 2.75) is 20.8 Å². The summed E-state index contributed by atoms with van der Waals surface area (Å²) in [6, 6.07) is 31.0. The summed E-state index contributed by atoms with van der Waals surface area (Å²) in [6.07, 6.45) is 0. The molecule has 3 aromatic carbocycles. The van der Waals surface area contributed by atoms with Gasteiger partial charge in [0.05, 0.1) is 28.2 Å². The highest BCUT2D eigenvalue weighted by molar-refractivity contribution is 6.04. The third-order valence-corrected chi connectivity index (χ3v) is 7.88. The van der Waals surface area contributed by atoms with Crippen LogP contribution in [0.25, 0.3) is 50.7 Å². The molecule has 4 heterocycles. The number of aryl methyl sites for hydroxylation is 2. The van der Waals surface area contributed by atoms with E-state index in [2.05, 4.69) is 10.1 Å². The molecule has 0 atom stereocenters. The predicted molar refractivity (Wildman–Crippen MR) is 168 cm³/mol. The second-order valence-corrected chi connectivity index (χ2v) is 10.6. The maximum absolute atomic E-state index is 14.5. The first kappa shape index (κ1) is 26.2. The zero-order valence-corrected chi connectivity index (χ0v) is 24.2. The van der Waals surface area contributed by atoms with E-state index in [1.165, 1.54) is 0 Å². The SMILES string of the molecule is Cc1cc(C)n(-c2nc3c(c(-c4ccccc4)c(-c4ccccc4)n3-c3c(C)n(C)n(-c4ccccc4)c3=O)c(=O)[nH]2)n1. The zero-order chi connectivity index (χ0) is 29.8. The van der Waals surface area contributed by atoms with Gasteiger partial charge in [-0.3, -0.25) is 23.8 Å². The fourth-order valence-electron chi connectivity index (χ4n) is 5.90. The number of H-pyrrole nitrogens is 1. The highest BCUT2D eigenvalue weighted by atomic mass is 16.1. The van der Waals surface area contributed by atoms with Gasteiger partial charge in [0.1, 0.15) is 5.69 Å². The van der Waals surface area contributed by atoms with Crippen molar-refractivity contribution in [3.05, 3.63) is 135 Å². The second kappa shape index (κ2) is 9.99. The van der Waals surface area contributed by atoms with E-state index in [1.54, 1.807) is 9.36 Å². The van der Waals surface area contributed by atoms with Gasteiger partial charge in [-0.05, 0) is 50.1 Å². The molecule has 0 spiro atoms. The molecule has 212 valence electrons. The van der Waals surface area contributed by atoms with Gasteiger partial charge in [-0.2, -0.15) is 10.1 Å². The van der Waals surface area contributed by atoms with Crippen LogP contribution in [0.15, 0.2) is 107 Å². The van der Waals surface area contributed by atoms with Crippen LogP contribution in [-0.4, -0.2) is 33.7 Å². The van der Waals surface area contributed by atoms with E-state index in [1.807, 2.05) is 134 Å². The minimum absolute atomic E-state index is 0.227. The van der Waals surface area contributed by atoms with E-state index < -0.39 is 0 Å². The van der Waals surface area contributed by atoms with Crippen molar-refractivity contribution in [1.29, 1.82) is 0 Å². The summed E-state index contributed by atoms with van der Waals surface area (Å²) in [4.78, 5) is 36.6. The Labute approximate surface area is 246 Å². The molecular weight excluding hydrogens is 538 g/mol. The average molecular weight is 568 g/mol. The molecule has 0 aliphatic rings. The van der Waals surface area contributed by atoms with Crippen LogP contribution < -0.4 is 11.1 Å². The Balaban J connectivity index is 1.70.